The molecule has 1 aromatic carbocycles. The van der Waals surface area contributed by atoms with Crippen molar-refractivity contribution in [2.24, 2.45) is 0 Å². The molecule has 6 heteroatoms. The minimum absolute atomic E-state index is 0.268. The number of aromatic nitrogens is 2. The molecule has 108 valence electrons. The van der Waals surface area contributed by atoms with Crippen molar-refractivity contribution in [1.29, 1.82) is 0 Å². The maximum atomic E-state index is 12.4. The molecule has 1 N–H and O–H groups in total. The van der Waals surface area contributed by atoms with Crippen LogP contribution in [-0.4, -0.2) is 18.2 Å². The number of benzene rings is 1. The van der Waals surface area contributed by atoms with Crippen LogP contribution in [0.2, 0.25) is 0 Å². The minimum atomic E-state index is -3.57. The molecule has 0 aliphatic rings. The van der Waals surface area contributed by atoms with Gasteiger partial charge in [-0.25, -0.2) is 8.42 Å². The summed E-state index contributed by atoms with van der Waals surface area (Å²) in [5.41, 5.74) is 3.21. The molecule has 0 spiro atoms. The van der Waals surface area contributed by atoms with E-state index in [-0.39, 0.29) is 4.90 Å². The van der Waals surface area contributed by atoms with E-state index in [0.717, 1.165) is 11.1 Å². The van der Waals surface area contributed by atoms with E-state index in [0.29, 0.717) is 17.9 Å². The Morgan fingerprint density at radius 1 is 1.20 bits per heavy atom. The lowest BCUT2D eigenvalue weighted by Crippen LogP contribution is -2.13. The highest BCUT2D eigenvalue weighted by molar-refractivity contribution is 7.92. The van der Waals surface area contributed by atoms with Crippen molar-refractivity contribution in [3.05, 3.63) is 41.2 Å². The Labute approximate surface area is 119 Å². The van der Waals surface area contributed by atoms with Crippen LogP contribution in [0.25, 0.3) is 0 Å². The first kappa shape index (κ1) is 14.6. The fourth-order valence-electron chi connectivity index (χ4n) is 1.86. The van der Waals surface area contributed by atoms with Crippen LogP contribution in [0.1, 0.15) is 23.7 Å². The third-order valence-corrected chi connectivity index (χ3v) is 4.67. The van der Waals surface area contributed by atoms with E-state index in [1.807, 2.05) is 26.8 Å². The number of nitrogens with zero attached hydrogens (tertiary/aromatic N) is 2. The van der Waals surface area contributed by atoms with Gasteiger partial charge in [0.1, 0.15) is 0 Å². The zero-order valence-corrected chi connectivity index (χ0v) is 13.0. The van der Waals surface area contributed by atoms with Crippen LogP contribution >= 0.6 is 0 Å². The summed E-state index contributed by atoms with van der Waals surface area (Å²) in [6, 6.07) is 5.10. The SMILES string of the molecule is CCn1cc(NS(=O)(=O)c2ccc(C)c(C)c2)c(C)n1. The van der Waals surface area contributed by atoms with E-state index < -0.39 is 10.0 Å². The molecule has 1 heterocycles. The maximum Gasteiger partial charge on any atom is 0.262 e. The fraction of sp³-hybridized carbons (Fsp3) is 0.357. The first-order valence-corrected chi connectivity index (χ1v) is 7.96. The van der Waals surface area contributed by atoms with Crippen molar-refractivity contribution in [1.82, 2.24) is 9.78 Å². The summed E-state index contributed by atoms with van der Waals surface area (Å²) < 4.78 is 29.0. The van der Waals surface area contributed by atoms with Gasteiger partial charge in [-0.1, -0.05) is 6.07 Å². The molecule has 0 unspecified atom stereocenters. The van der Waals surface area contributed by atoms with Crippen molar-refractivity contribution >= 4 is 15.7 Å². The second-order valence-electron chi connectivity index (χ2n) is 4.84. The topological polar surface area (TPSA) is 64.0 Å². The summed E-state index contributed by atoms with van der Waals surface area (Å²) in [5.74, 6) is 0. The van der Waals surface area contributed by atoms with Gasteiger partial charge in [0.05, 0.1) is 16.3 Å². The molecule has 0 atom stereocenters. The van der Waals surface area contributed by atoms with Crippen molar-refractivity contribution in [2.75, 3.05) is 4.72 Å². The highest BCUT2D eigenvalue weighted by atomic mass is 32.2. The highest BCUT2D eigenvalue weighted by Crippen LogP contribution is 2.20. The number of hydrogen-bond donors (Lipinski definition) is 1. The molecule has 0 saturated heterocycles. The van der Waals surface area contributed by atoms with Gasteiger partial charge >= 0.3 is 0 Å². The summed E-state index contributed by atoms with van der Waals surface area (Å²) in [4.78, 5) is 0.268. The van der Waals surface area contributed by atoms with Gasteiger partial charge in [-0.3, -0.25) is 9.40 Å². The van der Waals surface area contributed by atoms with Crippen molar-refractivity contribution in [2.45, 2.75) is 39.1 Å². The van der Waals surface area contributed by atoms with Crippen LogP contribution < -0.4 is 4.72 Å². The second-order valence-corrected chi connectivity index (χ2v) is 6.52. The number of rotatable bonds is 4. The Hall–Kier alpha value is -1.82. The Bertz CT molecular complexity index is 733. The summed E-state index contributed by atoms with van der Waals surface area (Å²) in [5, 5.41) is 4.23. The lowest BCUT2D eigenvalue weighted by molar-refractivity contribution is 0.601. The van der Waals surface area contributed by atoms with E-state index in [1.165, 1.54) is 0 Å². The lowest BCUT2D eigenvalue weighted by atomic mass is 10.1. The smallest absolute Gasteiger partial charge is 0.262 e. The summed E-state index contributed by atoms with van der Waals surface area (Å²) >= 11 is 0. The van der Waals surface area contributed by atoms with E-state index in [9.17, 15) is 8.42 Å². The van der Waals surface area contributed by atoms with Gasteiger partial charge in [0.25, 0.3) is 10.0 Å². The van der Waals surface area contributed by atoms with Gasteiger partial charge in [-0.15, -0.1) is 0 Å². The third kappa shape index (κ3) is 2.85. The van der Waals surface area contributed by atoms with Crippen molar-refractivity contribution < 1.29 is 8.42 Å². The summed E-state index contributed by atoms with van der Waals surface area (Å²) in [6.07, 6.45) is 1.70. The van der Waals surface area contributed by atoms with Gasteiger partial charge in [0, 0.05) is 12.7 Å². The van der Waals surface area contributed by atoms with Crippen LogP contribution in [0.4, 0.5) is 5.69 Å². The first-order valence-electron chi connectivity index (χ1n) is 6.47. The van der Waals surface area contributed by atoms with Crippen molar-refractivity contribution in [3.8, 4) is 0 Å². The number of sulfonamides is 1. The quantitative estimate of drug-likeness (QED) is 0.942. The van der Waals surface area contributed by atoms with Gasteiger partial charge < -0.3 is 0 Å². The highest BCUT2D eigenvalue weighted by Gasteiger charge is 2.17. The largest absolute Gasteiger partial charge is 0.276 e. The summed E-state index contributed by atoms with van der Waals surface area (Å²) in [7, 11) is -3.57. The molecular formula is C14H19N3O2S. The van der Waals surface area contributed by atoms with E-state index in [2.05, 4.69) is 9.82 Å². The molecule has 2 aromatic rings. The van der Waals surface area contributed by atoms with Gasteiger partial charge in [0.2, 0.25) is 0 Å². The Morgan fingerprint density at radius 3 is 2.45 bits per heavy atom. The van der Waals surface area contributed by atoms with Crippen LogP contribution in [0.15, 0.2) is 29.3 Å². The Balaban J connectivity index is 2.35. The predicted molar refractivity (Wildman–Crippen MR) is 79.4 cm³/mol. The average molecular weight is 293 g/mol. The molecule has 20 heavy (non-hydrogen) atoms. The number of hydrogen-bond acceptors (Lipinski definition) is 3. The minimum Gasteiger partial charge on any atom is -0.276 e. The van der Waals surface area contributed by atoms with E-state index in [1.54, 1.807) is 29.9 Å². The maximum absolute atomic E-state index is 12.4. The van der Waals surface area contributed by atoms with Crippen LogP contribution in [0.3, 0.4) is 0 Å². The molecule has 0 bridgehead atoms. The zero-order chi connectivity index (χ0) is 14.9. The molecular weight excluding hydrogens is 274 g/mol. The first-order chi connectivity index (χ1) is 9.33. The monoisotopic (exact) mass is 293 g/mol. The fourth-order valence-corrected chi connectivity index (χ4v) is 3.05. The van der Waals surface area contributed by atoms with Gasteiger partial charge in [0.15, 0.2) is 0 Å². The lowest BCUT2D eigenvalue weighted by Gasteiger charge is -2.08. The molecule has 0 radical (unpaired) electrons. The third-order valence-electron chi connectivity index (χ3n) is 3.30. The van der Waals surface area contributed by atoms with Gasteiger partial charge in [-0.05, 0) is 51.0 Å². The summed E-state index contributed by atoms with van der Waals surface area (Å²) in [6.45, 7) is 8.29. The standard InChI is InChI=1S/C14H19N3O2S/c1-5-17-9-14(12(4)15-17)16-20(18,19)13-7-6-10(2)11(3)8-13/h6-9,16H,5H2,1-4H3. The Morgan fingerprint density at radius 2 is 1.90 bits per heavy atom. The molecule has 1 aromatic heterocycles. The molecule has 0 amide bonds. The molecule has 0 fully saturated rings. The molecule has 0 aliphatic heterocycles. The normalized spacial score (nSPS) is 11.6. The van der Waals surface area contributed by atoms with E-state index >= 15 is 0 Å². The Kier molecular flexibility index (Phi) is 3.85. The zero-order valence-electron chi connectivity index (χ0n) is 12.1. The molecule has 0 aliphatic carbocycles. The number of nitrogens with one attached hydrogen (secondary N) is 1. The second kappa shape index (κ2) is 5.28. The predicted octanol–water partition coefficient (Wildman–Crippen LogP) is 2.63. The van der Waals surface area contributed by atoms with E-state index in [4.69, 9.17) is 0 Å². The molecule has 0 saturated carbocycles. The molecule has 2 rings (SSSR count). The average Bonchev–Trinajstić information content (AvgIpc) is 2.73. The van der Waals surface area contributed by atoms with Crippen LogP contribution in [0, 0.1) is 20.8 Å². The van der Waals surface area contributed by atoms with Crippen LogP contribution in [0.5, 0.6) is 0 Å². The van der Waals surface area contributed by atoms with Gasteiger partial charge in [-0.2, -0.15) is 5.10 Å². The van der Waals surface area contributed by atoms with Crippen molar-refractivity contribution in [3.63, 3.8) is 0 Å². The van der Waals surface area contributed by atoms with Crippen LogP contribution in [-0.2, 0) is 16.6 Å². The number of aryl methyl sites for hydroxylation is 4. The number of anilines is 1. The molecule has 5 nitrogen and oxygen atoms in total.